The van der Waals surface area contributed by atoms with Gasteiger partial charge in [0.15, 0.2) is 0 Å². The number of thiol groups is 1. The van der Waals surface area contributed by atoms with Crippen LogP contribution in [0.3, 0.4) is 0 Å². The minimum atomic E-state index is -1.18. The van der Waals surface area contributed by atoms with Crippen molar-refractivity contribution in [3.63, 3.8) is 0 Å². The summed E-state index contributed by atoms with van der Waals surface area (Å²) in [5.41, 5.74) is 12.0. The molecule has 0 aliphatic heterocycles. The minimum absolute atomic E-state index is 0.0966. The summed E-state index contributed by atoms with van der Waals surface area (Å²) in [5, 5.41) is 17.5. The Morgan fingerprint density at radius 2 is 1.51 bits per heavy atom. The summed E-state index contributed by atoms with van der Waals surface area (Å²) in [5.74, 6) is -2.14. The fourth-order valence-corrected chi connectivity index (χ4v) is 3.86. The first kappa shape index (κ1) is 30.8. The number of benzene rings is 1. The van der Waals surface area contributed by atoms with Gasteiger partial charge in [0.25, 0.3) is 0 Å². The monoisotopic (exact) mass is 527 g/mol. The van der Waals surface area contributed by atoms with Gasteiger partial charge in [0.05, 0.1) is 6.04 Å². The van der Waals surface area contributed by atoms with Crippen LogP contribution in [-0.4, -0.2) is 77.3 Å². The largest absolute Gasteiger partial charge is 0.480 e. The van der Waals surface area contributed by atoms with Crippen molar-refractivity contribution in [2.75, 3.05) is 24.3 Å². The lowest BCUT2D eigenvalue weighted by atomic mass is 10.0. The molecule has 0 aliphatic rings. The van der Waals surface area contributed by atoms with Gasteiger partial charge in [0.1, 0.15) is 18.1 Å². The normalized spacial score (nSPS) is 14.3. The summed E-state index contributed by atoms with van der Waals surface area (Å²) >= 11 is 5.52. The lowest BCUT2D eigenvalue weighted by Crippen LogP contribution is -2.57. The van der Waals surface area contributed by atoms with Gasteiger partial charge in [-0.2, -0.15) is 24.4 Å². The van der Waals surface area contributed by atoms with E-state index in [9.17, 15) is 24.3 Å². The summed E-state index contributed by atoms with van der Waals surface area (Å²) in [6.07, 6.45) is 3.76. The molecule has 0 saturated heterocycles. The van der Waals surface area contributed by atoms with Crippen LogP contribution in [0.15, 0.2) is 30.3 Å². The summed E-state index contributed by atoms with van der Waals surface area (Å²) in [6, 6.07) is 5.01. The number of carbonyl (C=O) groups is 4. The van der Waals surface area contributed by atoms with E-state index in [1.807, 2.05) is 12.3 Å². The summed E-state index contributed by atoms with van der Waals surface area (Å²) in [6.45, 7) is 0.419. The Balaban J connectivity index is 2.97. The number of hydrogen-bond donors (Lipinski definition) is 7. The number of nitrogens with two attached hydrogens (primary N) is 2. The first-order valence-corrected chi connectivity index (χ1v) is 13.5. The number of nitrogens with one attached hydrogen (secondary N) is 3. The Hall–Kier alpha value is -2.28. The SMILES string of the molecule is CSCCC(NC(=O)C(N)CS)C(=O)NC(CCCCN)C(=O)NC(Cc1ccccc1)C(=O)O. The molecule has 0 radical (unpaired) electrons. The number of thioether (sulfide) groups is 1. The van der Waals surface area contributed by atoms with Gasteiger partial charge in [-0.3, -0.25) is 14.4 Å². The number of unbranched alkanes of at least 4 members (excludes halogenated alkanes) is 1. The third-order valence-electron chi connectivity index (χ3n) is 5.25. The fourth-order valence-electron chi connectivity index (χ4n) is 3.22. The van der Waals surface area contributed by atoms with Crippen LogP contribution in [0.4, 0.5) is 0 Å². The van der Waals surface area contributed by atoms with E-state index in [1.165, 1.54) is 11.8 Å². The molecule has 4 unspecified atom stereocenters. The zero-order chi connectivity index (χ0) is 26.2. The van der Waals surface area contributed by atoms with Crippen LogP contribution in [0.25, 0.3) is 0 Å². The second kappa shape index (κ2) is 17.2. The van der Waals surface area contributed by atoms with Gasteiger partial charge in [0, 0.05) is 12.2 Å². The lowest BCUT2D eigenvalue weighted by Gasteiger charge is -2.25. The minimum Gasteiger partial charge on any atom is -0.480 e. The van der Waals surface area contributed by atoms with Crippen molar-refractivity contribution in [2.24, 2.45) is 11.5 Å². The Labute approximate surface area is 216 Å². The number of hydrogen-bond acceptors (Lipinski definition) is 8. The van der Waals surface area contributed by atoms with E-state index in [0.717, 1.165) is 5.56 Å². The van der Waals surface area contributed by atoms with Crippen LogP contribution in [0.1, 0.15) is 31.2 Å². The number of amides is 3. The van der Waals surface area contributed by atoms with Crippen molar-refractivity contribution in [3.8, 4) is 0 Å². The Kier molecular flexibility index (Phi) is 15.1. The van der Waals surface area contributed by atoms with Crippen LogP contribution in [0.5, 0.6) is 0 Å². The molecule has 3 amide bonds. The predicted molar refractivity (Wildman–Crippen MR) is 141 cm³/mol. The molecular weight excluding hydrogens is 490 g/mol. The molecule has 1 aromatic rings. The van der Waals surface area contributed by atoms with Crippen LogP contribution < -0.4 is 27.4 Å². The number of carbonyl (C=O) groups excluding carboxylic acids is 3. The molecule has 4 atom stereocenters. The van der Waals surface area contributed by atoms with Crippen LogP contribution in [-0.2, 0) is 25.6 Å². The molecule has 0 heterocycles. The standard InChI is InChI=1S/C23H37N5O5S2/c1-35-12-10-18(26-20(29)16(25)14-34)22(31)27-17(9-5-6-11-24)21(30)28-19(23(32)33)13-15-7-3-2-4-8-15/h2-4,7-8,16-19,34H,5-6,9-14,24-25H2,1H3,(H,26,29)(H,27,31)(H,28,30)(H,32,33). The highest BCUT2D eigenvalue weighted by atomic mass is 32.2. The maximum absolute atomic E-state index is 13.0. The zero-order valence-corrected chi connectivity index (χ0v) is 21.7. The third-order valence-corrected chi connectivity index (χ3v) is 6.29. The first-order valence-electron chi connectivity index (χ1n) is 11.5. The summed E-state index contributed by atoms with van der Waals surface area (Å²) in [7, 11) is 0. The van der Waals surface area contributed by atoms with Gasteiger partial charge in [-0.1, -0.05) is 30.3 Å². The van der Waals surface area contributed by atoms with Gasteiger partial charge in [-0.05, 0) is 49.8 Å². The maximum atomic E-state index is 13.0. The van der Waals surface area contributed by atoms with Crippen LogP contribution in [0.2, 0.25) is 0 Å². The molecule has 1 rings (SSSR count). The number of rotatable bonds is 17. The second-order valence-electron chi connectivity index (χ2n) is 8.07. The Bertz CT molecular complexity index is 815. The molecule has 0 fully saturated rings. The molecule has 10 nitrogen and oxygen atoms in total. The predicted octanol–water partition coefficient (Wildman–Crippen LogP) is -0.0927. The van der Waals surface area contributed by atoms with E-state index < -0.39 is 47.9 Å². The Morgan fingerprint density at radius 3 is 2.06 bits per heavy atom. The topological polar surface area (TPSA) is 177 Å². The van der Waals surface area contributed by atoms with Crippen LogP contribution in [0, 0.1) is 0 Å². The molecule has 0 aliphatic carbocycles. The number of aliphatic carboxylic acids is 1. The number of carboxylic acids is 1. The van der Waals surface area contributed by atoms with Gasteiger partial charge in [-0.25, -0.2) is 4.79 Å². The average molecular weight is 528 g/mol. The molecule has 12 heteroatoms. The zero-order valence-electron chi connectivity index (χ0n) is 19.9. The van der Waals surface area contributed by atoms with E-state index in [-0.39, 0.29) is 18.6 Å². The highest BCUT2D eigenvalue weighted by Gasteiger charge is 2.30. The highest BCUT2D eigenvalue weighted by Crippen LogP contribution is 2.08. The maximum Gasteiger partial charge on any atom is 0.326 e. The lowest BCUT2D eigenvalue weighted by molar-refractivity contribution is -0.142. The fraction of sp³-hybridized carbons (Fsp3) is 0.565. The molecule has 0 bridgehead atoms. The number of carboxylic acid groups (broad SMARTS) is 1. The van der Waals surface area contributed by atoms with Gasteiger partial charge < -0.3 is 32.5 Å². The average Bonchev–Trinajstić information content (AvgIpc) is 2.85. The van der Waals surface area contributed by atoms with Gasteiger partial charge in [-0.15, -0.1) is 0 Å². The molecule has 0 saturated carbocycles. The highest BCUT2D eigenvalue weighted by molar-refractivity contribution is 7.98. The molecule has 1 aromatic carbocycles. The van der Waals surface area contributed by atoms with E-state index in [0.29, 0.717) is 31.6 Å². The van der Waals surface area contributed by atoms with Crippen LogP contribution >= 0.6 is 24.4 Å². The smallest absolute Gasteiger partial charge is 0.326 e. The third kappa shape index (κ3) is 11.8. The summed E-state index contributed by atoms with van der Waals surface area (Å²) < 4.78 is 0. The summed E-state index contributed by atoms with van der Waals surface area (Å²) in [4.78, 5) is 50.1. The Morgan fingerprint density at radius 1 is 0.943 bits per heavy atom. The van der Waals surface area contributed by atoms with Gasteiger partial charge in [0.2, 0.25) is 17.7 Å². The van der Waals surface area contributed by atoms with Crippen molar-refractivity contribution >= 4 is 48.1 Å². The molecule has 8 N–H and O–H groups in total. The van der Waals surface area contributed by atoms with E-state index in [2.05, 4.69) is 28.6 Å². The molecule has 196 valence electrons. The van der Waals surface area contributed by atoms with Crippen molar-refractivity contribution in [2.45, 2.75) is 56.3 Å². The quantitative estimate of drug-likeness (QED) is 0.109. The molecule has 0 aromatic heterocycles. The second-order valence-corrected chi connectivity index (χ2v) is 9.42. The first-order chi connectivity index (χ1) is 16.7. The van der Waals surface area contributed by atoms with Crippen molar-refractivity contribution in [1.29, 1.82) is 0 Å². The van der Waals surface area contributed by atoms with Crippen molar-refractivity contribution in [3.05, 3.63) is 35.9 Å². The van der Waals surface area contributed by atoms with E-state index in [4.69, 9.17) is 11.5 Å². The van der Waals surface area contributed by atoms with Gasteiger partial charge >= 0.3 is 5.97 Å². The van der Waals surface area contributed by atoms with E-state index >= 15 is 0 Å². The molecule has 35 heavy (non-hydrogen) atoms. The van der Waals surface area contributed by atoms with Crippen molar-refractivity contribution < 1.29 is 24.3 Å². The molecular formula is C23H37N5O5S2. The van der Waals surface area contributed by atoms with Crippen molar-refractivity contribution in [1.82, 2.24) is 16.0 Å². The molecule has 0 spiro atoms. The van der Waals surface area contributed by atoms with E-state index in [1.54, 1.807) is 24.3 Å².